The second-order valence-electron chi connectivity index (χ2n) is 4.46. The molecule has 0 aliphatic carbocycles. The van der Waals surface area contributed by atoms with E-state index in [0.717, 1.165) is 24.1 Å². The maximum Gasteiger partial charge on any atom is 0.340 e. The summed E-state index contributed by atoms with van der Waals surface area (Å²) in [6.07, 6.45) is -0.253. The standard InChI is InChI=1S/C12H11ClFNO5S/c1-20-12(17)9-4-7(2-3-10(9)14)15-6-8(5-11(15)16)21(13,18)19/h2-4,8H,5-6H2,1H3. The largest absolute Gasteiger partial charge is 0.465 e. The Labute approximate surface area is 124 Å². The van der Waals surface area contributed by atoms with Crippen LogP contribution in [-0.4, -0.2) is 39.2 Å². The van der Waals surface area contributed by atoms with Crippen LogP contribution in [0.2, 0.25) is 0 Å². The van der Waals surface area contributed by atoms with Gasteiger partial charge in [-0.15, -0.1) is 0 Å². The fourth-order valence-corrected chi connectivity index (χ4v) is 3.09. The van der Waals surface area contributed by atoms with E-state index >= 15 is 0 Å². The number of benzene rings is 1. The van der Waals surface area contributed by atoms with Crippen LogP contribution in [0.3, 0.4) is 0 Å². The molecule has 1 aliphatic rings. The Hall–Kier alpha value is -1.67. The highest BCUT2D eigenvalue weighted by Gasteiger charge is 2.38. The number of amides is 1. The van der Waals surface area contributed by atoms with Crippen LogP contribution >= 0.6 is 10.7 Å². The molecule has 1 heterocycles. The van der Waals surface area contributed by atoms with Crippen LogP contribution in [0, 0.1) is 5.82 Å². The van der Waals surface area contributed by atoms with Gasteiger partial charge in [0.25, 0.3) is 0 Å². The molecule has 114 valence electrons. The first-order valence-corrected chi connectivity index (χ1v) is 8.23. The lowest BCUT2D eigenvalue weighted by molar-refractivity contribution is -0.117. The number of rotatable bonds is 3. The third-order valence-corrected chi connectivity index (χ3v) is 5.02. The molecule has 1 aromatic rings. The molecule has 0 spiro atoms. The van der Waals surface area contributed by atoms with E-state index in [9.17, 15) is 22.4 Å². The molecule has 6 nitrogen and oxygen atoms in total. The number of nitrogens with zero attached hydrogens (tertiary/aromatic N) is 1. The minimum atomic E-state index is -3.87. The van der Waals surface area contributed by atoms with Gasteiger partial charge in [-0.2, -0.15) is 0 Å². The smallest absolute Gasteiger partial charge is 0.340 e. The van der Waals surface area contributed by atoms with E-state index in [2.05, 4.69) is 4.74 Å². The van der Waals surface area contributed by atoms with Crippen LogP contribution in [0.5, 0.6) is 0 Å². The summed E-state index contributed by atoms with van der Waals surface area (Å²) in [4.78, 5) is 24.4. The lowest BCUT2D eigenvalue weighted by Crippen LogP contribution is -2.27. The van der Waals surface area contributed by atoms with Gasteiger partial charge in [0.15, 0.2) is 0 Å². The first kappa shape index (κ1) is 15.7. The van der Waals surface area contributed by atoms with E-state index in [4.69, 9.17) is 10.7 Å². The number of carbonyl (C=O) groups is 2. The summed E-state index contributed by atoms with van der Waals surface area (Å²) in [6, 6.07) is 3.43. The molecule has 1 amide bonds. The molecule has 1 unspecified atom stereocenters. The summed E-state index contributed by atoms with van der Waals surface area (Å²) in [5.74, 6) is -2.15. The molecule has 0 aromatic heterocycles. The van der Waals surface area contributed by atoms with Crippen molar-refractivity contribution >= 4 is 37.3 Å². The molecule has 21 heavy (non-hydrogen) atoms. The maximum atomic E-state index is 13.5. The molecule has 1 aliphatic heterocycles. The summed E-state index contributed by atoms with van der Waals surface area (Å²) in [5, 5.41) is -1.03. The average molecular weight is 336 g/mol. The van der Waals surface area contributed by atoms with Crippen molar-refractivity contribution in [2.45, 2.75) is 11.7 Å². The molecule has 0 N–H and O–H groups in total. The second kappa shape index (κ2) is 5.61. The Morgan fingerprint density at radius 3 is 2.67 bits per heavy atom. The SMILES string of the molecule is COC(=O)c1cc(N2CC(S(=O)(=O)Cl)CC2=O)ccc1F. The van der Waals surface area contributed by atoms with E-state index < -0.39 is 32.0 Å². The summed E-state index contributed by atoms with van der Waals surface area (Å²) in [6.45, 7) is -0.142. The van der Waals surface area contributed by atoms with Crippen molar-refractivity contribution in [1.29, 1.82) is 0 Å². The molecule has 0 saturated carbocycles. The number of ether oxygens (including phenoxy) is 1. The quantitative estimate of drug-likeness (QED) is 0.614. The van der Waals surface area contributed by atoms with Crippen LogP contribution in [0.4, 0.5) is 10.1 Å². The van der Waals surface area contributed by atoms with Crippen molar-refractivity contribution in [3.63, 3.8) is 0 Å². The van der Waals surface area contributed by atoms with Gasteiger partial charge < -0.3 is 9.64 Å². The van der Waals surface area contributed by atoms with Gasteiger partial charge in [-0.05, 0) is 18.2 Å². The third kappa shape index (κ3) is 3.16. The summed E-state index contributed by atoms with van der Waals surface area (Å²) in [5.41, 5.74) is -0.121. The van der Waals surface area contributed by atoms with E-state index in [0.29, 0.717) is 0 Å². The van der Waals surface area contributed by atoms with Crippen molar-refractivity contribution < 1.29 is 27.1 Å². The van der Waals surface area contributed by atoms with Gasteiger partial charge in [0.2, 0.25) is 15.0 Å². The molecular weight excluding hydrogens is 325 g/mol. The normalized spacial score (nSPS) is 18.9. The zero-order valence-electron chi connectivity index (χ0n) is 10.9. The van der Waals surface area contributed by atoms with Gasteiger partial charge in [-0.25, -0.2) is 17.6 Å². The molecule has 0 bridgehead atoms. The van der Waals surface area contributed by atoms with E-state index in [1.807, 2.05) is 0 Å². The van der Waals surface area contributed by atoms with Crippen molar-refractivity contribution in [2.75, 3.05) is 18.6 Å². The average Bonchev–Trinajstić information content (AvgIpc) is 2.80. The van der Waals surface area contributed by atoms with Gasteiger partial charge in [-0.1, -0.05) is 0 Å². The molecule has 1 fully saturated rings. The molecule has 1 atom stereocenters. The highest BCUT2D eigenvalue weighted by Crippen LogP contribution is 2.28. The molecule has 1 aromatic carbocycles. The zero-order valence-corrected chi connectivity index (χ0v) is 12.4. The maximum absolute atomic E-state index is 13.5. The molecule has 9 heteroatoms. The van der Waals surface area contributed by atoms with Crippen LogP contribution in [0.1, 0.15) is 16.8 Å². The third-order valence-electron chi connectivity index (χ3n) is 3.15. The Morgan fingerprint density at radius 2 is 2.14 bits per heavy atom. The van der Waals surface area contributed by atoms with Crippen molar-refractivity contribution in [3.8, 4) is 0 Å². The van der Waals surface area contributed by atoms with E-state index in [1.54, 1.807) is 0 Å². The lowest BCUT2D eigenvalue weighted by atomic mass is 10.2. The predicted molar refractivity (Wildman–Crippen MR) is 73.3 cm³/mol. The van der Waals surface area contributed by atoms with Gasteiger partial charge in [0.1, 0.15) is 11.1 Å². The van der Waals surface area contributed by atoms with Crippen LogP contribution < -0.4 is 4.90 Å². The fraction of sp³-hybridized carbons (Fsp3) is 0.333. The fourth-order valence-electron chi connectivity index (χ4n) is 2.06. The van der Waals surface area contributed by atoms with E-state index in [1.165, 1.54) is 6.07 Å². The van der Waals surface area contributed by atoms with Gasteiger partial charge >= 0.3 is 5.97 Å². The monoisotopic (exact) mass is 335 g/mol. The van der Waals surface area contributed by atoms with Gasteiger partial charge in [0, 0.05) is 29.3 Å². The summed E-state index contributed by atoms with van der Waals surface area (Å²) < 4.78 is 40.5. The number of carbonyl (C=O) groups excluding carboxylic acids is 2. The number of halogens is 2. The molecule has 1 saturated heterocycles. The first-order chi connectivity index (χ1) is 9.74. The summed E-state index contributed by atoms with van der Waals surface area (Å²) in [7, 11) is 2.48. The molecular formula is C12H11ClFNO5S. The number of hydrogen-bond acceptors (Lipinski definition) is 5. The van der Waals surface area contributed by atoms with Crippen LogP contribution in [0.25, 0.3) is 0 Å². The Bertz CT molecular complexity index is 706. The number of esters is 1. The minimum Gasteiger partial charge on any atom is -0.465 e. The Kier molecular flexibility index (Phi) is 4.20. The highest BCUT2D eigenvalue weighted by molar-refractivity contribution is 8.14. The van der Waals surface area contributed by atoms with Crippen LogP contribution in [0.15, 0.2) is 18.2 Å². The zero-order chi connectivity index (χ0) is 15.8. The minimum absolute atomic E-state index is 0.142. The second-order valence-corrected chi connectivity index (χ2v) is 7.37. The topological polar surface area (TPSA) is 80.8 Å². The Balaban J connectivity index is 2.35. The van der Waals surface area contributed by atoms with E-state index in [-0.39, 0.29) is 24.2 Å². The van der Waals surface area contributed by atoms with Gasteiger partial charge in [-0.3, -0.25) is 4.79 Å². The van der Waals surface area contributed by atoms with Crippen molar-refractivity contribution in [1.82, 2.24) is 0 Å². The van der Waals surface area contributed by atoms with Crippen LogP contribution in [-0.2, 0) is 18.6 Å². The highest BCUT2D eigenvalue weighted by atomic mass is 35.7. The number of anilines is 1. The number of hydrogen-bond donors (Lipinski definition) is 0. The molecule has 2 rings (SSSR count). The predicted octanol–water partition coefficient (Wildman–Crippen LogP) is 1.29. The lowest BCUT2D eigenvalue weighted by Gasteiger charge is -2.17. The Morgan fingerprint density at radius 1 is 1.48 bits per heavy atom. The van der Waals surface area contributed by atoms with Crippen molar-refractivity contribution in [3.05, 3.63) is 29.6 Å². The summed E-state index contributed by atoms with van der Waals surface area (Å²) >= 11 is 0. The van der Waals surface area contributed by atoms with Crippen molar-refractivity contribution in [2.24, 2.45) is 0 Å². The van der Waals surface area contributed by atoms with Gasteiger partial charge in [0.05, 0.1) is 12.7 Å². The number of methoxy groups -OCH3 is 1. The molecule has 0 radical (unpaired) electrons. The first-order valence-electron chi connectivity index (χ1n) is 5.85.